The first kappa shape index (κ1) is 22.0. The summed E-state index contributed by atoms with van der Waals surface area (Å²) in [6, 6.07) is 16.8. The van der Waals surface area contributed by atoms with Gasteiger partial charge < -0.3 is 19.9 Å². The smallest absolute Gasteiger partial charge is 0.261 e. The molecule has 31 heavy (non-hydrogen) atoms. The zero-order chi connectivity index (χ0) is 22.4. The standard InChI is InChI=1S/C23H24N2O5S/c1-28-21-13-16(14-22(29-2)23(21)30-3)11-12-17-7-4-5-10-20(17)25-31(26,27)19-9-6-8-18(24)15-19/h4-15,25H,24H2,1-3H3/b12-11-. The van der Waals surface area contributed by atoms with Crippen LogP contribution in [0, 0.1) is 0 Å². The van der Waals surface area contributed by atoms with Crippen LogP contribution in [0.4, 0.5) is 11.4 Å². The Morgan fingerprint density at radius 3 is 2.13 bits per heavy atom. The molecule has 0 aromatic heterocycles. The van der Waals surface area contributed by atoms with Gasteiger partial charge in [-0.25, -0.2) is 8.42 Å². The number of sulfonamides is 1. The van der Waals surface area contributed by atoms with Crippen molar-refractivity contribution in [2.24, 2.45) is 0 Å². The van der Waals surface area contributed by atoms with Crippen molar-refractivity contribution in [3.8, 4) is 17.2 Å². The number of nitrogens with two attached hydrogens (primary N) is 1. The number of ether oxygens (including phenoxy) is 3. The lowest BCUT2D eigenvalue weighted by Crippen LogP contribution is -2.13. The normalized spacial score (nSPS) is 11.3. The first-order valence-electron chi connectivity index (χ1n) is 9.33. The first-order chi connectivity index (χ1) is 14.9. The van der Waals surface area contributed by atoms with Crippen molar-refractivity contribution in [1.82, 2.24) is 0 Å². The quantitative estimate of drug-likeness (QED) is 0.401. The monoisotopic (exact) mass is 440 g/mol. The van der Waals surface area contributed by atoms with Gasteiger partial charge in [0.05, 0.1) is 31.9 Å². The number of hydrogen-bond acceptors (Lipinski definition) is 6. The summed E-state index contributed by atoms with van der Waals surface area (Å²) in [6.07, 6.45) is 3.63. The van der Waals surface area contributed by atoms with Gasteiger partial charge in [0.15, 0.2) is 11.5 Å². The Balaban J connectivity index is 1.93. The molecular weight excluding hydrogens is 416 g/mol. The van der Waals surface area contributed by atoms with Crippen LogP contribution in [0.25, 0.3) is 12.2 Å². The molecule has 3 aromatic rings. The minimum absolute atomic E-state index is 0.0934. The van der Waals surface area contributed by atoms with Gasteiger partial charge in [0, 0.05) is 5.69 Å². The summed E-state index contributed by atoms with van der Waals surface area (Å²) in [5.74, 6) is 1.55. The van der Waals surface area contributed by atoms with Crippen LogP contribution in [0.5, 0.6) is 17.2 Å². The molecule has 0 heterocycles. The molecule has 8 heteroatoms. The molecule has 0 fully saturated rings. The Morgan fingerprint density at radius 1 is 0.839 bits per heavy atom. The van der Waals surface area contributed by atoms with Crippen LogP contribution < -0.4 is 24.7 Å². The van der Waals surface area contributed by atoms with Gasteiger partial charge in [-0.1, -0.05) is 36.4 Å². The van der Waals surface area contributed by atoms with Crippen molar-refractivity contribution < 1.29 is 22.6 Å². The van der Waals surface area contributed by atoms with Crippen molar-refractivity contribution in [3.63, 3.8) is 0 Å². The Morgan fingerprint density at radius 2 is 1.52 bits per heavy atom. The molecule has 0 aliphatic heterocycles. The summed E-state index contributed by atoms with van der Waals surface area (Å²) in [5, 5.41) is 0. The van der Waals surface area contributed by atoms with E-state index in [0.717, 1.165) is 5.56 Å². The lowest BCUT2D eigenvalue weighted by Gasteiger charge is -2.13. The van der Waals surface area contributed by atoms with Gasteiger partial charge in [-0.05, 0) is 47.5 Å². The van der Waals surface area contributed by atoms with Crippen molar-refractivity contribution in [2.45, 2.75) is 4.90 Å². The van der Waals surface area contributed by atoms with Crippen LogP contribution in [-0.4, -0.2) is 29.7 Å². The Bertz CT molecular complexity index is 1180. The van der Waals surface area contributed by atoms with E-state index < -0.39 is 10.0 Å². The zero-order valence-electron chi connectivity index (χ0n) is 17.5. The van der Waals surface area contributed by atoms with Gasteiger partial charge in [0.2, 0.25) is 5.75 Å². The fraction of sp³-hybridized carbons (Fsp3) is 0.130. The summed E-state index contributed by atoms with van der Waals surface area (Å²) in [4.78, 5) is 0.0934. The van der Waals surface area contributed by atoms with Gasteiger partial charge in [0.25, 0.3) is 10.0 Å². The van der Waals surface area contributed by atoms with E-state index >= 15 is 0 Å². The fourth-order valence-electron chi connectivity index (χ4n) is 3.00. The molecule has 0 spiro atoms. The molecule has 0 atom stereocenters. The SMILES string of the molecule is COc1cc(/C=C\c2ccccc2NS(=O)(=O)c2cccc(N)c2)cc(OC)c1OC. The van der Waals surface area contributed by atoms with E-state index in [1.807, 2.05) is 18.2 Å². The van der Waals surface area contributed by atoms with Gasteiger partial charge in [0.1, 0.15) is 0 Å². The fourth-order valence-corrected chi connectivity index (χ4v) is 4.15. The van der Waals surface area contributed by atoms with E-state index in [1.54, 1.807) is 63.8 Å². The number of rotatable bonds is 8. The third-order valence-corrected chi connectivity index (χ3v) is 5.88. The molecule has 0 bridgehead atoms. The van der Waals surface area contributed by atoms with Gasteiger partial charge in [-0.3, -0.25) is 4.72 Å². The van der Waals surface area contributed by atoms with Crippen molar-refractivity contribution in [2.75, 3.05) is 31.8 Å². The van der Waals surface area contributed by atoms with Gasteiger partial charge in [-0.2, -0.15) is 0 Å². The average Bonchev–Trinajstić information content (AvgIpc) is 2.77. The lowest BCUT2D eigenvalue weighted by atomic mass is 10.1. The summed E-state index contributed by atoms with van der Waals surface area (Å²) in [5.41, 5.74) is 8.02. The molecule has 7 nitrogen and oxygen atoms in total. The van der Waals surface area contributed by atoms with E-state index in [9.17, 15) is 8.42 Å². The van der Waals surface area contributed by atoms with Gasteiger partial charge in [-0.15, -0.1) is 0 Å². The highest BCUT2D eigenvalue weighted by molar-refractivity contribution is 7.92. The van der Waals surface area contributed by atoms with E-state index in [-0.39, 0.29) is 4.90 Å². The number of nitrogens with one attached hydrogen (secondary N) is 1. The third-order valence-electron chi connectivity index (χ3n) is 4.52. The highest BCUT2D eigenvalue weighted by Gasteiger charge is 2.16. The molecule has 3 aromatic carbocycles. The molecule has 0 radical (unpaired) electrons. The van der Waals surface area contributed by atoms with Crippen molar-refractivity contribution >= 4 is 33.6 Å². The average molecular weight is 441 g/mol. The van der Waals surface area contributed by atoms with Crippen LogP contribution in [0.2, 0.25) is 0 Å². The highest BCUT2D eigenvalue weighted by Crippen LogP contribution is 2.38. The molecular formula is C23H24N2O5S. The molecule has 0 saturated carbocycles. The van der Waals surface area contributed by atoms with Crippen LogP contribution in [-0.2, 0) is 10.0 Å². The lowest BCUT2D eigenvalue weighted by molar-refractivity contribution is 0.324. The van der Waals surface area contributed by atoms with Gasteiger partial charge >= 0.3 is 0 Å². The predicted molar refractivity (Wildman–Crippen MR) is 123 cm³/mol. The number of anilines is 2. The topological polar surface area (TPSA) is 99.9 Å². The maximum absolute atomic E-state index is 12.8. The zero-order valence-corrected chi connectivity index (χ0v) is 18.3. The molecule has 0 aliphatic rings. The van der Waals surface area contributed by atoms with Crippen LogP contribution in [0.3, 0.4) is 0 Å². The number of nitrogen functional groups attached to an aromatic ring is 1. The van der Waals surface area contributed by atoms with Crippen LogP contribution in [0.15, 0.2) is 65.6 Å². The Hall–Kier alpha value is -3.65. The summed E-state index contributed by atoms with van der Waals surface area (Å²) >= 11 is 0. The molecule has 0 unspecified atom stereocenters. The number of benzene rings is 3. The number of para-hydroxylation sites is 1. The Labute approximate surface area is 182 Å². The van der Waals surface area contributed by atoms with Crippen molar-refractivity contribution in [3.05, 3.63) is 71.8 Å². The van der Waals surface area contributed by atoms with E-state index in [1.165, 1.54) is 12.1 Å². The predicted octanol–water partition coefficient (Wildman–Crippen LogP) is 4.27. The summed E-state index contributed by atoms with van der Waals surface area (Å²) < 4.78 is 44.3. The van der Waals surface area contributed by atoms with E-state index in [4.69, 9.17) is 19.9 Å². The minimum atomic E-state index is -3.79. The van der Waals surface area contributed by atoms with Crippen LogP contribution in [0.1, 0.15) is 11.1 Å². The molecule has 3 N–H and O–H groups in total. The molecule has 3 rings (SSSR count). The molecule has 0 amide bonds. The van der Waals surface area contributed by atoms with Crippen LogP contribution >= 0.6 is 0 Å². The Kier molecular flexibility index (Phi) is 6.71. The maximum atomic E-state index is 12.8. The second-order valence-corrected chi connectivity index (χ2v) is 8.24. The number of hydrogen-bond donors (Lipinski definition) is 2. The third kappa shape index (κ3) is 5.10. The molecule has 0 saturated heterocycles. The second kappa shape index (κ2) is 9.44. The second-order valence-electron chi connectivity index (χ2n) is 6.56. The molecule has 0 aliphatic carbocycles. The van der Waals surface area contributed by atoms with E-state index in [0.29, 0.717) is 34.2 Å². The maximum Gasteiger partial charge on any atom is 0.261 e. The first-order valence-corrected chi connectivity index (χ1v) is 10.8. The molecule has 162 valence electrons. The largest absolute Gasteiger partial charge is 0.493 e. The summed E-state index contributed by atoms with van der Waals surface area (Å²) in [7, 11) is 0.842. The highest BCUT2D eigenvalue weighted by atomic mass is 32.2. The van der Waals surface area contributed by atoms with Crippen molar-refractivity contribution in [1.29, 1.82) is 0 Å². The number of methoxy groups -OCH3 is 3. The van der Waals surface area contributed by atoms with E-state index in [2.05, 4.69) is 4.72 Å². The minimum Gasteiger partial charge on any atom is -0.493 e. The summed E-state index contributed by atoms with van der Waals surface area (Å²) in [6.45, 7) is 0.